The molecule has 17 heavy (non-hydrogen) atoms. The predicted octanol–water partition coefficient (Wildman–Crippen LogP) is 1.16. The molecule has 1 aromatic rings. The van der Waals surface area contributed by atoms with Crippen LogP contribution in [-0.2, 0) is 13.5 Å². The zero-order valence-electron chi connectivity index (χ0n) is 10.4. The zero-order chi connectivity index (χ0) is 11.8. The summed E-state index contributed by atoms with van der Waals surface area (Å²) in [4.78, 5) is 0. The summed E-state index contributed by atoms with van der Waals surface area (Å²) in [7, 11) is 2.03. The van der Waals surface area contributed by atoms with Gasteiger partial charge in [0.25, 0.3) is 0 Å². The smallest absolute Gasteiger partial charge is 0.0546 e. The van der Waals surface area contributed by atoms with Crippen molar-refractivity contribution in [2.45, 2.75) is 44.2 Å². The minimum atomic E-state index is -0.0397. The molecule has 0 saturated heterocycles. The third kappa shape index (κ3) is 2.11. The molecule has 0 aliphatic heterocycles. The summed E-state index contributed by atoms with van der Waals surface area (Å²) in [5, 5.41) is 17.3. The molecule has 4 nitrogen and oxygen atoms in total. The van der Waals surface area contributed by atoms with Crippen molar-refractivity contribution in [2.75, 3.05) is 6.54 Å². The summed E-state index contributed by atoms with van der Waals surface area (Å²) in [6.07, 6.45) is 7.54. The topological polar surface area (TPSA) is 50.1 Å². The summed E-state index contributed by atoms with van der Waals surface area (Å²) >= 11 is 0. The van der Waals surface area contributed by atoms with Crippen molar-refractivity contribution in [1.29, 1.82) is 0 Å². The Hall–Kier alpha value is -0.870. The van der Waals surface area contributed by atoms with Gasteiger partial charge in [-0.25, -0.2) is 0 Å². The lowest BCUT2D eigenvalue weighted by atomic mass is 9.82. The number of hydrogen-bond donors (Lipinski definition) is 2. The van der Waals surface area contributed by atoms with Gasteiger partial charge in [-0.3, -0.25) is 4.68 Å². The Kier molecular flexibility index (Phi) is 2.92. The van der Waals surface area contributed by atoms with E-state index in [-0.39, 0.29) is 6.10 Å². The molecular weight excluding hydrogens is 214 g/mol. The van der Waals surface area contributed by atoms with E-state index in [1.165, 1.54) is 24.1 Å². The number of fused-ring (bicyclic) bond motifs is 1. The average Bonchev–Trinajstić information content (AvgIpc) is 2.66. The van der Waals surface area contributed by atoms with E-state index in [1.807, 2.05) is 17.9 Å². The van der Waals surface area contributed by atoms with E-state index in [0.717, 1.165) is 25.8 Å². The Morgan fingerprint density at radius 1 is 1.53 bits per heavy atom. The van der Waals surface area contributed by atoms with Crippen molar-refractivity contribution in [1.82, 2.24) is 15.1 Å². The Morgan fingerprint density at radius 3 is 3.12 bits per heavy atom. The minimum Gasteiger partial charge on any atom is -0.393 e. The highest BCUT2D eigenvalue weighted by Gasteiger charge is 2.29. The van der Waals surface area contributed by atoms with Crippen LogP contribution in [-0.4, -0.2) is 27.5 Å². The van der Waals surface area contributed by atoms with Crippen molar-refractivity contribution in [3.8, 4) is 0 Å². The van der Waals surface area contributed by atoms with E-state index in [0.29, 0.717) is 12.0 Å². The number of aromatic nitrogens is 2. The van der Waals surface area contributed by atoms with E-state index in [4.69, 9.17) is 0 Å². The molecule has 1 unspecified atom stereocenters. The standard InChI is InChI=1S/C13H21N3O/c1-16-13-4-2-3-12(11(13)8-15-16)14-7-9-5-10(17)6-9/h8-10,12,14,17H,2-7H2,1H3. The van der Waals surface area contributed by atoms with E-state index in [1.54, 1.807) is 0 Å². The number of aliphatic hydroxyl groups is 1. The molecule has 0 radical (unpaired) electrons. The van der Waals surface area contributed by atoms with Gasteiger partial charge in [0.1, 0.15) is 0 Å². The first kappa shape index (κ1) is 11.2. The van der Waals surface area contributed by atoms with Gasteiger partial charge in [0.15, 0.2) is 0 Å². The van der Waals surface area contributed by atoms with Crippen LogP contribution in [0.5, 0.6) is 0 Å². The Balaban J connectivity index is 1.61. The molecule has 3 rings (SSSR count). The normalized spacial score (nSPS) is 32.0. The molecule has 94 valence electrons. The molecule has 1 atom stereocenters. The minimum absolute atomic E-state index is 0.0397. The molecule has 2 N–H and O–H groups in total. The van der Waals surface area contributed by atoms with Gasteiger partial charge >= 0.3 is 0 Å². The van der Waals surface area contributed by atoms with Crippen molar-refractivity contribution < 1.29 is 5.11 Å². The fraction of sp³-hybridized carbons (Fsp3) is 0.769. The summed E-state index contributed by atoms with van der Waals surface area (Å²) in [6, 6.07) is 0.477. The van der Waals surface area contributed by atoms with Gasteiger partial charge < -0.3 is 10.4 Å². The molecule has 2 aliphatic carbocycles. The Morgan fingerprint density at radius 2 is 2.35 bits per heavy atom. The lowest BCUT2D eigenvalue weighted by Crippen LogP contribution is -2.38. The molecule has 1 fully saturated rings. The summed E-state index contributed by atoms with van der Waals surface area (Å²) in [6.45, 7) is 1.04. The third-order valence-electron chi connectivity index (χ3n) is 4.24. The first-order valence-corrected chi connectivity index (χ1v) is 6.66. The highest BCUT2D eigenvalue weighted by molar-refractivity contribution is 5.24. The SMILES string of the molecule is Cn1ncc2c1CCCC2NCC1CC(O)C1. The fourth-order valence-electron chi connectivity index (χ4n) is 3.09. The van der Waals surface area contributed by atoms with Crippen LogP contribution < -0.4 is 5.32 Å². The second kappa shape index (κ2) is 4.42. The van der Waals surface area contributed by atoms with E-state index < -0.39 is 0 Å². The second-order valence-corrected chi connectivity index (χ2v) is 5.51. The lowest BCUT2D eigenvalue weighted by Gasteiger charge is -2.33. The fourth-order valence-corrected chi connectivity index (χ4v) is 3.09. The van der Waals surface area contributed by atoms with Gasteiger partial charge in [-0.15, -0.1) is 0 Å². The number of nitrogens with zero attached hydrogens (tertiary/aromatic N) is 2. The quantitative estimate of drug-likeness (QED) is 0.826. The van der Waals surface area contributed by atoms with Gasteiger partial charge in [-0.05, 0) is 44.6 Å². The van der Waals surface area contributed by atoms with Gasteiger partial charge in [0.05, 0.1) is 12.3 Å². The molecule has 0 aromatic carbocycles. The monoisotopic (exact) mass is 235 g/mol. The number of hydrogen-bond acceptors (Lipinski definition) is 3. The maximum absolute atomic E-state index is 9.28. The summed E-state index contributed by atoms with van der Waals surface area (Å²) in [5.74, 6) is 0.673. The maximum atomic E-state index is 9.28. The summed E-state index contributed by atoms with van der Waals surface area (Å²) < 4.78 is 2.01. The van der Waals surface area contributed by atoms with Crippen molar-refractivity contribution >= 4 is 0 Å². The van der Waals surface area contributed by atoms with Crippen LogP contribution in [0.4, 0.5) is 0 Å². The molecule has 1 aromatic heterocycles. The molecular formula is C13H21N3O. The molecule has 0 spiro atoms. The van der Waals surface area contributed by atoms with Crippen molar-refractivity contribution in [3.05, 3.63) is 17.5 Å². The van der Waals surface area contributed by atoms with E-state index >= 15 is 0 Å². The van der Waals surface area contributed by atoms with Crippen LogP contribution in [0.15, 0.2) is 6.20 Å². The van der Waals surface area contributed by atoms with E-state index in [9.17, 15) is 5.11 Å². The molecule has 2 aliphatic rings. The highest BCUT2D eigenvalue weighted by atomic mass is 16.3. The molecule has 1 saturated carbocycles. The molecule has 0 amide bonds. The number of aryl methyl sites for hydroxylation is 1. The van der Waals surface area contributed by atoms with Crippen LogP contribution in [0.2, 0.25) is 0 Å². The largest absolute Gasteiger partial charge is 0.393 e. The number of nitrogens with one attached hydrogen (secondary N) is 1. The number of aliphatic hydroxyl groups excluding tert-OH is 1. The Labute approximate surface area is 102 Å². The number of rotatable bonds is 3. The highest BCUT2D eigenvalue weighted by Crippen LogP contribution is 2.31. The zero-order valence-corrected chi connectivity index (χ0v) is 10.4. The third-order valence-corrected chi connectivity index (χ3v) is 4.24. The lowest BCUT2D eigenvalue weighted by molar-refractivity contribution is 0.0415. The van der Waals surface area contributed by atoms with Crippen LogP contribution >= 0.6 is 0 Å². The molecule has 1 heterocycles. The van der Waals surface area contributed by atoms with Crippen molar-refractivity contribution in [2.24, 2.45) is 13.0 Å². The first-order chi connectivity index (χ1) is 8.24. The van der Waals surface area contributed by atoms with Crippen molar-refractivity contribution in [3.63, 3.8) is 0 Å². The van der Waals surface area contributed by atoms with Crippen LogP contribution in [0, 0.1) is 5.92 Å². The van der Waals surface area contributed by atoms with Crippen LogP contribution in [0.25, 0.3) is 0 Å². The summed E-state index contributed by atoms with van der Waals surface area (Å²) in [5.41, 5.74) is 2.78. The van der Waals surface area contributed by atoms with Gasteiger partial charge in [0.2, 0.25) is 0 Å². The Bertz CT molecular complexity index is 395. The predicted molar refractivity (Wildman–Crippen MR) is 65.6 cm³/mol. The van der Waals surface area contributed by atoms with Crippen LogP contribution in [0.1, 0.15) is 43.0 Å². The molecule has 4 heteroatoms. The van der Waals surface area contributed by atoms with Gasteiger partial charge in [-0.2, -0.15) is 5.10 Å². The molecule has 0 bridgehead atoms. The van der Waals surface area contributed by atoms with Crippen LogP contribution in [0.3, 0.4) is 0 Å². The second-order valence-electron chi connectivity index (χ2n) is 5.51. The van der Waals surface area contributed by atoms with Gasteiger partial charge in [0, 0.05) is 24.3 Å². The van der Waals surface area contributed by atoms with Gasteiger partial charge in [-0.1, -0.05) is 0 Å². The average molecular weight is 235 g/mol. The maximum Gasteiger partial charge on any atom is 0.0546 e. The first-order valence-electron chi connectivity index (χ1n) is 6.66. The van der Waals surface area contributed by atoms with E-state index in [2.05, 4.69) is 10.4 Å².